The first-order chi connectivity index (χ1) is 18.5. The number of likely N-dealkylation sites (tertiary alicyclic amines) is 1. The summed E-state index contributed by atoms with van der Waals surface area (Å²) in [7, 11) is 0. The van der Waals surface area contributed by atoms with E-state index in [0.717, 1.165) is 29.5 Å². The highest BCUT2D eigenvalue weighted by Gasteiger charge is 2.34. The Hall–Kier alpha value is -4.62. The number of piperidine rings is 1. The van der Waals surface area contributed by atoms with Crippen LogP contribution in [0.5, 0.6) is 11.5 Å². The molecule has 1 fully saturated rings. The van der Waals surface area contributed by atoms with Crippen LogP contribution in [-0.4, -0.2) is 41.0 Å². The van der Waals surface area contributed by atoms with Crippen LogP contribution in [0.4, 0.5) is 21.9 Å². The van der Waals surface area contributed by atoms with Crippen LogP contribution in [0.1, 0.15) is 28.1 Å². The molecule has 0 saturated carbocycles. The number of nitrogens with zero attached hydrogens (tertiary/aromatic N) is 4. The minimum absolute atomic E-state index is 0.129. The molecule has 0 spiro atoms. The molecule has 0 bridgehead atoms. The van der Waals surface area contributed by atoms with E-state index in [1.54, 1.807) is 22.1 Å². The Kier molecular flexibility index (Phi) is 6.05. The van der Waals surface area contributed by atoms with Gasteiger partial charge in [0.25, 0.3) is 5.91 Å². The number of carbonyl (C=O) groups excluding carboxylic acids is 2. The number of pyridine rings is 1. The van der Waals surface area contributed by atoms with E-state index in [0.29, 0.717) is 45.6 Å². The van der Waals surface area contributed by atoms with Gasteiger partial charge in [0.2, 0.25) is 0 Å². The molecule has 10 heteroatoms. The lowest BCUT2D eigenvalue weighted by Crippen LogP contribution is -2.46. The third-order valence-corrected chi connectivity index (χ3v) is 7.83. The SMILES string of the molecule is Cc1cc(Oc2ccccc2)ccc1N1C(=O)Nc2c(C(=O)NC3CCCN(C#N)C3)sc3nccc1c23. The summed E-state index contributed by atoms with van der Waals surface area (Å²) in [5.74, 6) is 1.13. The largest absolute Gasteiger partial charge is 0.457 e. The van der Waals surface area contributed by atoms with Crippen LogP contribution in [0.2, 0.25) is 0 Å². The van der Waals surface area contributed by atoms with Gasteiger partial charge in [-0.3, -0.25) is 9.69 Å². The van der Waals surface area contributed by atoms with E-state index in [1.807, 2.05) is 55.5 Å². The number of aryl methyl sites for hydroxylation is 1. The summed E-state index contributed by atoms with van der Waals surface area (Å²) in [6.07, 6.45) is 5.45. The first-order valence-corrected chi connectivity index (χ1v) is 13.1. The number of benzene rings is 2. The number of carbonyl (C=O) groups is 2. The van der Waals surface area contributed by atoms with Crippen molar-refractivity contribution in [2.24, 2.45) is 0 Å². The topological polar surface area (TPSA) is 111 Å². The van der Waals surface area contributed by atoms with E-state index in [1.165, 1.54) is 11.3 Å². The van der Waals surface area contributed by atoms with Crippen molar-refractivity contribution in [2.45, 2.75) is 25.8 Å². The molecule has 2 aromatic heterocycles. The molecule has 0 aliphatic carbocycles. The Morgan fingerprint density at radius 1 is 1.18 bits per heavy atom. The number of rotatable bonds is 5. The van der Waals surface area contributed by atoms with Crippen LogP contribution < -0.4 is 20.3 Å². The first kappa shape index (κ1) is 23.8. The number of anilines is 3. The summed E-state index contributed by atoms with van der Waals surface area (Å²) in [4.78, 5) is 35.6. The Labute approximate surface area is 223 Å². The highest BCUT2D eigenvalue weighted by atomic mass is 32.1. The molecule has 190 valence electrons. The Morgan fingerprint density at radius 2 is 2.03 bits per heavy atom. The number of nitriles is 1. The maximum Gasteiger partial charge on any atom is 0.331 e. The van der Waals surface area contributed by atoms with E-state index in [4.69, 9.17) is 4.74 Å². The molecule has 2 N–H and O–H groups in total. The van der Waals surface area contributed by atoms with Gasteiger partial charge in [-0.05, 0) is 61.7 Å². The lowest BCUT2D eigenvalue weighted by Gasteiger charge is -2.30. The van der Waals surface area contributed by atoms with Gasteiger partial charge in [0.1, 0.15) is 21.2 Å². The molecule has 0 radical (unpaired) electrons. The van der Waals surface area contributed by atoms with Gasteiger partial charge in [0.05, 0.1) is 22.4 Å². The fraction of sp³-hybridized carbons (Fsp3) is 0.214. The number of hydrogen-bond donors (Lipinski definition) is 2. The van der Waals surface area contributed by atoms with Gasteiger partial charge in [-0.15, -0.1) is 11.3 Å². The molecule has 1 atom stereocenters. The van der Waals surface area contributed by atoms with Crippen LogP contribution in [0.15, 0.2) is 60.8 Å². The van der Waals surface area contributed by atoms with Crippen molar-refractivity contribution in [3.63, 3.8) is 0 Å². The number of para-hydroxylation sites is 1. The number of nitrogens with one attached hydrogen (secondary N) is 2. The predicted octanol–water partition coefficient (Wildman–Crippen LogP) is 5.76. The summed E-state index contributed by atoms with van der Waals surface area (Å²) in [5.41, 5.74) is 2.70. The van der Waals surface area contributed by atoms with Crippen molar-refractivity contribution in [1.82, 2.24) is 15.2 Å². The number of thiophene rings is 1. The van der Waals surface area contributed by atoms with Crippen molar-refractivity contribution in [3.8, 4) is 17.7 Å². The molecule has 1 unspecified atom stereocenters. The smallest absolute Gasteiger partial charge is 0.331 e. The molecule has 2 aromatic carbocycles. The molecule has 9 nitrogen and oxygen atoms in total. The number of ether oxygens (including phenoxy) is 1. The zero-order chi connectivity index (χ0) is 26.2. The fourth-order valence-corrected chi connectivity index (χ4v) is 6.01. The maximum absolute atomic E-state index is 13.5. The molecular weight excluding hydrogens is 500 g/mol. The van der Waals surface area contributed by atoms with Crippen molar-refractivity contribution in [2.75, 3.05) is 23.3 Å². The number of aromatic nitrogens is 1. The number of urea groups is 1. The average molecular weight is 525 g/mol. The van der Waals surface area contributed by atoms with Crippen molar-refractivity contribution >= 4 is 50.6 Å². The Morgan fingerprint density at radius 3 is 2.82 bits per heavy atom. The molecule has 1 saturated heterocycles. The second kappa shape index (κ2) is 9.68. The van der Waals surface area contributed by atoms with Crippen LogP contribution in [0, 0.1) is 18.4 Å². The van der Waals surface area contributed by atoms with E-state index in [2.05, 4.69) is 21.8 Å². The van der Waals surface area contributed by atoms with Gasteiger partial charge < -0.3 is 20.3 Å². The molecule has 6 rings (SSSR count). The van der Waals surface area contributed by atoms with Gasteiger partial charge in [0.15, 0.2) is 6.19 Å². The number of amides is 3. The normalized spacial score (nSPS) is 16.6. The molecular formula is C28H24N6O3S. The minimum Gasteiger partial charge on any atom is -0.457 e. The highest BCUT2D eigenvalue weighted by molar-refractivity contribution is 7.21. The standard InChI is InChI=1S/C28H24N6O3S/c1-17-14-20(37-19-7-3-2-4-8-19)9-10-21(17)34-22-11-12-30-27-23(22)24(32-28(34)36)25(38-27)26(35)31-18-6-5-13-33(15-18)16-29/h2-4,7-12,14,18H,5-6,13,15H2,1H3,(H,31,35)(H,32,36). The Balaban J connectivity index is 1.32. The van der Waals surface area contributed by atoms with Crippen LogP contribution in [0.3, 0.4) is 0 Å². The number of hydrogen-bond acceptors (Lipinski definition) is 7. The van der Waals surface area contributed by atoms with Crippen molar-refractivity contribution in [3.05, 3.63) is 71.2 Å². The first-order valence-electron chi connectivity index (χ1n) is 12.3. The molecule has 3 amide bonds. The van der Waals surface area contributed by atoms with Gasteiger partial charge in [-0.1, -0.05) is 18.2 Å². The summed E-state index contributed by atoms with van der Waals surface area (Å²) < 4.78 is 5.96. The molecule has 38 heavy (non-hydrogen) atoms. The third-order valence-electron chi connectivity index (χ3n) is 6.74. The summed E-state index contributed by atoms with van der Waals surface area (Å²) in [6, 6.07) is 16.4. The quantitative estimate of drug-likeness (QED) is 0.321. The molecule has 2 aliphatic rings. The molecule has 4 heterocycles. The van der Waals surface area contributed by atoms with Gasteiger partial charge in [-0.2, -0.15) is 5.26 Å². The monoisotopic (exact) mass is 524 g/mol. The van der Waals surface area contributed by atoms with Gasteiger partial charge in [0, 0.05) is 25.3 Å². The second-order valence-electron chi connectivity index (χ2n) is 9.30. The summed E-state index contributed by atoms with van der Waals surface area (Å²) in [5, 5.41) is 15.9. The van der Waals surface area contributed by atoms with Crippen LogP contribution in [-0.2, 0) is 0 Å². The second-order valence-corrected chi connectivity index (χ2v) is 10.3. The highest BCUT2D eigenvalue weighted by Crippen LogP contribution is 2.46. The summed E-state index contributed by atoms with van der Waals surface area (Å²) >= 11 is 1.25. The zero-order valence-corrected chi connectivity index (χ0v) is 21.4. The Bertz CT molecular complexity index is 1600. The van der Waals surface area contributed by atoms with E-state index < -0.39 is 0 Å². The summed E-state index contributed by atoms with van der Waals surface area (Å²) in [6.45, 7) is 3.11. The third kappa shape index (κ3) is 4.27. The lowest BCUT2D eigenvalue weighted by molar-refractivity contribution is 0.0923. The zero-order valence-electron chi connectivity index (χ0n) is 20.6. The van der Waals surface area contributed by atoms with Crippen molar-refractivity contribution in [1.29, 1.82) is 5.26 Å². The fourth-order valence-electron chi connectivity index (χ4n) is 4.99. The van der Waals surface area contributed by atoms with E-state index in [-0.39, 0.29) is 18.0 Å². The van der Waals surface area contributed by atoms with Gasteiger partial charge in [-0.25, -0.2) is 9.78 Å². The minimum atomic E-state index is -0.356. The van der Waals surface area contributed by atoms with Crippen molar-refractivity contribution < 1.29 is 14.3 Å². The van der Waals surface area contributed by atoms with Crippen LogP contribution >= 0.6 is 11.3 Å². The lowest BCUT2D eigenvalue weighted by atomic mass is 10.1. The van der Waals surface area contributed by atoms with E-state index in [9.17, 15) is 14.9 Å². The van der Waals surface area contributed by atoms with Crippen LogP contribution in [0.25, 0.3) is 10.2 Å². The molecule has 4 aromatic rings. The van der Waals surface area contributed by atoms with Gasteiger partial charge >= 0.3 is 6.03 Å². The predicted molar refractivity (Wildman–Crippen MR) is 146 cm³/mol. The average Bonchev–Trinajstić information content (AvgIpc) is 3.30. The molecule has 2 aliphatic heterocycles. The van der Waals surface area contributed by atoms with E-state index >= 15 is 0 Å². The maximum atomic E-state index is 13.5.